The van der Waals surface area contributed by atoms with Gasteiger partial charge in [0.1, 0.15) is 5.71 Å². The summed E-state index contributed by atoms with van der Waals surface area (Å²) in [6.45, 7) is 5.73. The van der Waals surface area contributed by atoms with Crippen LogP contribution in [0.1, 0.15) is 37.8 Å². The molecule has 0 aliphatic carbocycles. The van der Waals surface area contributed by atoms with E-state index < -0.39 is 5.66 Å². The number of nitrogens with zero attached hydrogens (tertiary/aromatic N) is 2. The number of carbonyl (C=O) groups excluding carboxylic acids is 2. The quantitative estimate of drug-likeness (QED) is 0.353. The van der Waals surface area contributed by atoms with Gasteiger partial charge in [0.05, 0.1) is 5.69 Å². The summed E-state index contributed by atoms with van der Waals surface area (Å²) in [7, 11) is 0. The minimum Gasteiger partial charge on any atom is -0.350 e. The van der Waals surface area contributed by atoms with Crippen molar-refractivity contribution in [3.8, 4) is 0 Å². The van der Waals surface area contributed by atoms with Gasteiger partial charge in [0, 0.05) is 18.2 Å². The van der Waals surface area contributed by atoms with Gasteiger partial charge in [-0.25, -0.2) is 0 Å². The lowest BCUT2D eigenvalue weighted by Gasteiger charge is -2.32. The standard InChI is InChI=1S/C30H28N4O2/c1-20(2)24-18-19-27(26-17-11-10-16-25(24)26)28-30(31-21(3)35,32-22-12-6-4-7-13-22)29(36)34(33-28)23-14-8-5-9-15-23/h4-20,32H,1-3H3,(H,31,35). The Labute approximate surface area is 210 Å². The summed E-state index contributed by atoms with van der Waals surface area (Å²) < 4.78 is 0. The first kappa shape index (κ1) is 23.3. The van der Waals surface area contributed by atoms with Crippen LogP contribution in [0.15, 0.2) is 102 Å². The minimum absolute atomic E-state index is 0.319. The third-order valence-electron chi connectivity index (χ3n) is 6.37. The van der Waals surface area contributed by atoms with Gasteiger partial charge in [0.2, 0.25) is 11.6 Å². The van der Waals surface area contributed by atoms with E-state index >= 15 is 0 Å². The molecule has 0 aromatic heterocycles. The third kappa shape index (κ3) is 4.01. The second-order valence-electron chi connectivity index (χ2n) is 9.23. The predicted molar refractivity (Wildman–Crippen MR) is 145 cm³/mol. The summed E-state index contributed by atoms with van der Waals surface area (Å²) in [5.41, 5.74) is 2.11. The number of hydrogen-bond donors (Lipinski definition) is 2. The highest BCUT2D eigenvalue weighted by atomic mass is 16.2. The number of carbonyl (C=O) groups is 2. The summed E-state index contributed by atoms with van der Waals surface area (Å²) in [6, 6.07) is 30.8. The molecule has 2 N–H and O–H groups in total. The lowest BCUT2D eigenvalue weighted by molar-refractivity contribution is -0.127. The zero-order chi connectivity index (χ0) is 25.3. The van der Waals surface area contributed by atoms with Crippen LogP contribution in [-0.2, 0) is 9.59 Å². The van der Waals surface area contributed by atoms with Crippen LogP contribution in [0.3, 0.4) is 0 Å². The topological polar surface area (TPSA) is 73.8 Å². The summed E-state index contributed by atoms with van der Waals surface area (Å²) >= 11 is 0. The van der Waals surface area contributed by atoms with Crippen molar-refractivity contribution < 1.29 is 9.59 Å². The minimum atomic E-state index is -1.61. The van der Waals surface area contributed by atoms with Crippen LogP contribution in [0.4, 0.5) is 11.4 Å². The van der Waals surface area contributed by atoms with Gasteiger partial charge in [0.15, 0.2) is 0 Å². The second kappa shape index (κ2) is 9.30. The molecule has 1 aliphatic heterocycles. The fourth-order valence-electron chi connectivity index (χ4n) is 4.77. The summed E-state index contributed by atoms with van der Waals surface area (Å²) in [6.07, 6.45) is 0. The van der Waals surface area contributed by atoms with Gasteiger partial charge in [-0.05, 0) is 46.5 Å². The van der Waals surface area contributed by atoms with E-state index in [0.717, 1.165) is 16.3 Å². The lowest BCUT2D eigenvalue weighted by Crippen LogP contribution is -2.64. The van der Waals surface area contributed by atoms with Crippen molar-refractivity contribution in [2.24, 2.45) is 5.10 Å². The molecule has 0 radical (unpaired) electrons. The molecule has 0 spiro atoms. The number of hydrazone groups is 1. The first-order chi connectivity index (χ1) is 17.4. The molecule has 6 nitrogen and oxygen atoms in total. The molecule has 180 valence electrons. The molecule has 0 bridgehead atoms. The maximum absolute atomic E-state index is 14.2. The van der Waals surface area contributed by atoms with Crippen LogP contribution in [-0.4, -0.2) is 23.2 Å². The molecule has 4 aromatic carbocycles. The lowest BCUT2D eigenvalue weighted by atomic mass is 9.88. The molecular weight excluding hydrogens is 448 g/mol. The van der Waals surface area contributed by atoms with E-state index in [-0.39, 0.29) is 11.8 Å². The van der Waals surface area contributed by atoms with Crippen molar-refractivity contribution >= 4 is 39.7 Å². The monoisotopic (exact) mass is 476 g/mol. The Morgan fingerprint density at radius 3 is 2.08 bits per heavy atom. The normalized spacial score (nSPS) is 17.4. The number of hydrogen-bond acceptors (Lipinski definition) is 4. The number of para-hydroxylation sites is 2. The van der Waals surface area contributed by atoms with Gasteiger partial charge < -0.3 is 10.6 Å². The number of fused-ring (bicyclic) bond motifs is 1. The van der Waals surface area contributed by atoms with Crippen molar-refractivity contribution in [1.82, 2.24) is 5.32 Å². The Kier molecular flexibility index (Phi) is 6.02. The van der Waals surface area contributed by atoms with Crippen LogP contribution >= 0.6 is 0 Å². The molecule has 0 fully saturated rings. The van der Waals surface area contributed by atoms with E-state index in [1.54, 1.807) is 0 Å². The van der Waals surface area contributed by atoms with E-state index in [0.29, 0.717) is 23.0 Å². The fraction of sp³-hybridized carbons (Fsp3) is 0.167. The molecule has 6 heteroatoms. The van der Waals surface area contributed by atoms with E-state index in [2.05, 4.69) is 36.6 Å². The van der Waals surface area contributed by atoms with Crippen LogP contribution in [0.5, 0.6) is 0 Å². The van der Waals surface area contributed by atoms with Gasteiger partial charge in [-0.3, -0.25) is 9.59 Å². The predicted octanol–water partition coefficient (Wildman–Crippen LogP) is 5.66. The fourth-order valence-corrected chi connectivity index (χ4v) is 4.77. The maximum atomic E-state index is 14.2. The van der Waals surface area contributed by atoms with Crippen LogP contribution < -0.4 is 15.6 Å². The molecule has 1 unspecified atom stereocenters. The number of rotatable bonds is 6. The van der Waals surface area contributed by atoms with Crippen molar-refractivity contribution in [2.45, 2.75) is 32.4 Å². The first-order valence-corrected chi connectivity index (χ1v) is 12.0. The number of anilines is 2. The van der Waals surface area contributed by atoms with Crippen LogP contribution in [0.2, 0.25) is 0 Å². The SMILES string of the molecule is CC(=O)NC1(Nc2ccccc2)C(=O)N(c2ccccc2)N=C1c1ccc(C(C)C)c2ccccc12. The summed E-state index contributed by atoms with van der Waals surface area (Å²) in [5, 5.41) is 14.6. The highest BCUT2D eigenvalue weighted by molar-refractivity contribution is 6.33. The van der Waals surface area contributed by atoms with E-state index in [4.69, 9.17) is 5.10 Å². The third-order valence-corrected chi connectivity index (χ3v) is 6.37. The number of nitrogens with one attached hydrogen (secondary N) is 2. The molecule has 36 heavy (non-hydrogen) atoms. The van der Waals surface area contributed by atoms with Crippen molar-refractivity contribution in [1.29, 1.82) is 0 Å². The van der Waals surface area contributed by atoms with Gasteiger partial charge in [-0.2, -0.15) is 10.1 Å². The van der Waals surface area contributed by atoms with Crippen LogP contribution in [0, 0.1) is 0 Å². The Morgan fingerprint density at radius 2 is 1.44 bits per heavy atom. The first-order valence-electron chi connectivity index (χ1n) is 12.0. The molecule has 2 amide bonds. The van der Waals surface area contributed by atoms with E-state index in [9.17, 15) is 9.59 Å². The highest BCUT2D eigenvalue weighted by Gasteiger charge is 2.53. The van der Waals surface area contributed by atoms with Crippen molar-refractivity contribution in [2.75, 3.05) is 10.3 Å². The second-order valence-corrected chi connectivity index (χ2v) is 9.23. The van der Waals surface area contributed by atoms with Crippen LogP contribution in [0.25, 0.3) is 10.8 Å². The molecule has 0 saturated heterocycles. The zero-order valence-corrected chi connectivity index (χ0v) is 20.5. The van der Waals surface area contributed by atoms with Crippen molar-refractivity contribution in [3.05, 3.63) is 108 Å². The maximum Gasteiger partial charge on any atom is 0.300 e. The smallest absolute Gasteiger partial charge is 0.300 e. The summed E-state index contributed by atoms with van der Waals surface area (Å²) in [5.74, 6) is -0.420. The van der Waals surface area contributed by atoms with Gasteiger partial charge in [-0.15, -0.1) is 0 Å². The Bertz CT molecular complexity index is 1460. The zero-order valence-electron chi connectivity index (χ0n) is 20.5. The molecule has 5 rings (SSSR count). The Hall–Kier alpha value is -4.45. The molecule has 4 aromatic rings. The molecule has 1 aliphatic rings. The Morgan fingerprint density at radius 1 is 0.833 bits per heavy atom. The van der Waals surface area contributed by atoms with Crippen molar-refractivity contribution in [3.63, 3.8) is 0 Å². The molecule has 1 heterocycles. The highest BCUT2D eigenvalue weighted by Crippen LogP contribution is 2.35. The molecular formula is C30H28N4O2. The molecule has 0 saturated carbocycles. The average molecular weight is 477 g/mol. The number of benzene rings is 4. The molecule has 1 atom stereocenters. The average Bonchev–Trinajstić information content (AvgIpc) is 3.15. The van der Waals surface area contributed by atoms with Gasteiger partial charge in [-0.1, -0.05) is 86.6 Å². The summed E-state index contributed by atoms with van der Waals surface area (Å²) in [4.78, 5) is 26.8. The van der Waals surface area contributed by atoms with E-state index in [1.807, 2.05) is 84.9 Å². The van der Waals surface area contributed by atoms with E-state index in [1.165, 1.54) is 17.5 Å². The number of amides is 2. The largest absolute Gasteiger partial charge is 0.350 e. The Balaban J connectivity index is 1.78. The van der Waals surface area contributed by atoms with Gasteiger partial charge >= 0.3 is 5.91 Å². The van der Waals surface area contributed by atoms with Gasteiger partial charge in [0.25, 0.3) is 0 Å².